The second-order valence-electron chi connectivity index (χ2n) is 8.65. The minimum Gasteiger partial charge on any atom is -0.383 e. The van der Waals surface area contributed by atoms with E-state index in [0.717, 1.165) is 42.7 Å². The molecule has 0 radical (unpaired) electrons. The molecule has 1 saturated heterocycles. The molecule has 170 valence electrons. The number of hydrogen-bond acceptors (Lipinski definition) is 4. The number of carbonyl (C=O) groups is 1. The summed E-state index contributed by atoms with van der Waals surface area (Å²) in [6, 6.07) is 10.9. The van der Waals surface area contributed by atoms with E-state index in [2.05, 4.69) is 9.88 Å². The summed E-state index contributed by atoms with van der Waals surface area (Å²) in [4.78, 5) is 22.0. The Bertz CT molecular complexity index is 1060. The van der Waals surface area contributed by atoms with Crippen molar-refractivity contribution in [2.45, 2.75) is 26.3 Å². The maximum atomic E-state index is 14.0. The third kappa shape index (κ3) is 5.34. The first-order chi connectivity index (χ1) is 15.5. The molecule has 3 heterocycles. The number of piperidine rings is 1. The maximum Gasteiger partial charge on any atom is 0.274 e. The second kappa shape index (κ2) is 10.2. The smallest absolute Gasteiger partial charge is 0.274 e. The Morgan fingerprint density at radius 3 is 2.72 bits per heavy atom. The van der Waals surface area contributed by atoms with Crippen molar-refractivity contribution >= 4 is 11.6 Å². The molecule has 7 heteroatoms. The highest BCUT2D eigenvalue weighted by Gasteiger charge is 2.26. The van der Waals surface area contributed by atoms with Gasteiger partial charge in [0.05, 0.1) is 6.61 Å². The predicted octanol–water partition coefficient (Wildman–Crippen LogP) is 3.78. The predicted molar refractivity (Wildman–Crippen MR) is 122 cm³/mol. The van der Waals surface area contributed by atoms with E-state index in [0.29, 0.717) is 37.9 Å². The molecule has 0 spiro atoms. The SMILES string of the molecule is COCCN(CC1CCN(Cc2ccccc2F)CC1)C(=O)c1cn2cc(C)ccc2n1. The highest BCUT2D eigenvalue weighted by Crippen LogP contribution is 2.22. The van der Waals surface area contributed by atoms with Gasteiger partial charge in [0.15, 0.2) is 0 Å². The maximum absolute atomic E-state index is 14.0. The van der Waals surface area contributed by atoms with Crippen LogP contribution >= 0.6 is 0 Å². The first-order valence-corrected chi connectivity index (χ1v) is 11.2. The van der Waals surface area contributed by atoms with E-state index in [9.17, 15) is 9.18 Å². The number of pyridine rings is 1. The molecule has 2 aromatic heterocycles. The van der Waals surface area contributed by atoms with Crippen LogP contribution in [0.2, 0.25) is 0 Å². The molecule has 1 aliphatic heterocycles. The molecular formula is C25H31FN4O2. The van der Waals surface area contributed by atoms with Gasteiger partial charge in [-0.15, -0.1) is 0 Å². The summed E-state index contributed by atoms with van der Waals surface area (Å²) in [5, 5.41) is 0. The van der Waals surface area contributed by atoms with Crippen LogP contribution in [0.1, 0.15) is 34.5 Å². The highest BCUT2D eigenvalue weighted by atomic mass is 19.1. The van der Waals surface area contributed by atoms with Crippen molar-refractivity contribution in [3.05, 3.63) is 71.4 Å². The molecule has 0 N–H and O–H groups in total. The molecule has 1 aliphatic rings. The van der Waals surface area contributed by atoms with Gasteiger partial charge in [0.1, 0.15) is 17.2 Å². The van der Waals surface area contributed by atoms with Crippen LogP contribution in [0.5, 0.6) is 0 Å². The summed E-state index contributed by atoms with van der Waals surface area (Å²) < 4.78 is 21.1. The van der Waals surface area contributed by atoms with Gasteiger partial charge in [-0.1, -0.05) is 24.3 Å². The Balaban J connectivity index is 1.38. The van der Waals surface area contributed by atoms with Crippen LogP contribution in [0.25, 0.3) is 5.65 Å². The Morgan fingerprint density at radius 2 is 1.97 bits per heavy atom. The zero-order valence-electron chi connectivity index (χ0n) is 18.8. The lowest BCUT2D eigenvalue weighted by atomic mass is 9.95. The molecule has 0 unspecified atom stereocenters. The van der Waals surface area contributed by atoms with Gasteiger partial charge in [0, 0.05) is 44.7 Å². The lowest BCUT2D eigenvalue weighted by molar-refractivity contribution is 0.0612. The van der Waals surface area contributed by atoms with Crippen LogP contribution in [-0.4, -0.2) is 65.0 Å². The lowest BCUT2D eigenvalue weighted by Crippen LogP contribution is -2.42. The summed E-state index contributed by atoms with van der Waals surface area (Å²) in [6.07, 6.45) is 5.75. The van der Waals surface area contributed by atoms with Crippen LogP contribution in [-0.2, 0) is 11.3 Å². The lowest BCUT2D eigenvalue weighted by Gasteiger charge is -2.34. The third-order valence-electron chi connectivity index (χ3n) is 6.21. The molecule has 4 rings (SSSR count). The zero-order valence-corrected chi connectivity index (χ0v) is 18.8. The number of halogens is 1. The molecule has 1 aromatic carbocycles. The fraction of sp³-hybridized carbons (Fsp3) is 0.440. The van der Waals surface area contributed by atoms with Gasteiger partial charge in [-0.25, -0.2) is 9.37 Å². The van der Waals surface area contributed by atoms with Crippen LogP contribution in [0.3, 0.4) is 0 Å². The zero-order chi connectivity index (χ0) is 22.5. The average molecular weight is 439 g/mol. The van der Waals surface area contributed by atoms with Crippen LogP contribution < -0.4 is 0 Å². The first kappa shape index (κ1) is 22.4. The van der Waals surface area contributed by atoms with Crippen molar-refractivity contribution in [2.24, 2.45) is 5.92 Å². The summed E-state index contributed by atoms with van der Waals surface area (Å²) in [7, 11) is 1.65. The normalized spacial score (nSPS) is 15.3. The van der Waals surface area contributed by atoms with Gasteiger partial charge in [0.25, 0.3) is 5.91 Å². The summed E-state index contributed by atoms with van der Waals surface area (Å²) in [6.45, 7) is 6.17. The number of imidazole rings is 1. The minimum absolute atomic E-state index is 0.0582. The van der Waals surface area contributed by atoms with Crippen LogP contribution in [0.4, 0.5) is 4.39 Å². The third-order valence-corrected chi connectivity index (χ3v) is 6.21. The van der Waals surface area contributed by atoms with Crippen LogP contribution in [0, 0.1) is 18.7 Å². The monoisotopic (exact) mass is 438 g/mol. The van der Waals surface area contributed by atoms with Gasteiger partial charge in [-0.05, 0) is 56.5 Å². The fourth-order valence-corrected chi connectivity index (χ4v) is 4.35. The van der Waals surface area contributed by atoms with Crippen molar-refractivity contribution in [1.29, 1.82) is 0 Å². The van der Waals surface area contributed by atoms with E-state index < -0.39 is 0 Å². The van der Waals surface area contributed by atoms with Crippen molar-refractivity contribution in [1.82, 2.24) is 19.2 Å². The van der Waals surface area contributed by atoms with E-state index >= 15 is 0 Å². The van der Waals surface area contributed by atoms with Crippen molar-refractivity contribution in [3.63, 3.8) is 0 Å². The number of aryl methyl sites for hydroxylation is 1. The van der Waals surface area contributed by atoms with Crippen molar-refractivity contribution < 1.29 is 13.9 Å². The Hall–Kier alpha value is -2.77. The van der Waals surface area contributed by atoms with Crippen LogP contribution in [0.15, 0.2) is 48.8 Å². The Kier molecular flexibility index (Phi) is 7.17. The summed E-state index contributed by atoms with van der Waals surface area (Å²) in [5.74, 6) is 0.206. The number of carbonyl (C=O) groups excluding carboxylic acids is 1. The van der Waals surface area contributed by atoms with Gasteiger partial charge in [0.2, 0.25) is 0 Å². The van der Waals surface area contributed by atoms with Gasteiger partial charge in [-0.2, -0.15) is 0 Å². The molecular weight excluding hydrogens is 407 g/mol. The number of nitrogens with zero attached hydrogens (tertiary/aromatic N) is 4. The Morgan fingerprint density at radius 1 is 1.19 bits per heavy atom. The number of aromatic nitrogens is 2. The topological polar surface area (TPSA) is 50.1 Å². The Labute approximate surface area is 188 Å². The molecule has 6 nitrogen and oxygen atoms in total. The molecule has 0 aliphatic carbocycles. The van der Waals surface area contributed by atoms with E-state index in [4.69, 9.17) is 4.74 Å². The average Bonchev–Trinajstić information content (AvgIpc) is 3.22. The highest BCUT2D eigenvalue weighted by molar-refractivity contribution is 5.93. The van der Waals surface area contributed by atoms with Gasteiger partial charge < -0.3 is 14.0 Å². The van der Waals surface area contributed by atoms with Crippen molar-refractivity contribution in [3.8, 4) is 0 Å². The van der Waals surface area contributed by atoms with E-state index in [-0.39, 0.29) is 11.7 Å². The molecule has 1 fully saturated rings. The molecule has 32 heavy (non-hydrogen) atoms. The molecule has 0 atom stereocenters. The first-order valence-electron chi connectivity index (χ1n) is 11.2. The minimum atomic E-state index is -0.145. The molecule has 1 amide bonds. The van der Waals surface area contributed by atoms with Gasteiger partial charge in [-0.3, -0.25) is 9.69 Å². The number of rotatable bonds is 8. The standard InChI is InChI=1S/C25H31FN4O2/c1-19-7-8-24-27-23(18-30(24)15-19)25(31)29(13-14-32-2)16-20-9-11-28(12-10-20)17-21-5-3-4-6-22(21)26/h3-8,15,18,20H,9-14,16-17H2,1-2H3. The number of likely N-dealkylation sites (tertiary alicyclic amines) is 1. The fourth-order valence-electron chi connectivity index (χ4n) is 4.35. The number of amides is 1. The second-order valence-corrected chi connectivity index (χ2v) is 8.65. The van der Waals surface area contributed by atoms with E-state index in [1.54, 1.807) is 13.2 Å². The quantitative estimate of drug-likeness (QED) is 0.537. The molecule has 3 aromatic rings. The number of ether oxygens (including phenoxy) is 1. The molecule has 0 saturated carbocycles. The number of benzene rings is 1. The van der Waals surface area contributed by atoms with Crippen molar-refractivity contribution in [2.75, 3.05) is 39.9 Å². The number of methoxy groups -OCH3 is 1. The number of hydrogen-bond donors (Lipinski definition) is 0. The summed E-state index contributed by atoms with van der Waals surface area (Å²) >= 11 is 0. The summed E-state index contributed by atoms with van der Waals surface area (Å²) in [5.41, 5.74) is 3.09. The van der Waals surface area contributed by atoms with E-state index in [1.165, 1.54) is 6.07 Å². The largest absolute Gasteiger partial charge is 0.383 e. The number of fused-ring (bicyclic) bond motifs is 1. The molecule has 0 bridgehead atoms. The van der Waals surface area contributed by atoms with Gasteiger partial charge >= 0.3 is 0 Å². The van der Waals surface area contributed by atoms with E-state index in [1.807, 2.05) is 52.9 Å².